The quantitative estimate of drug-likeness (QED) is 0.660. The standard InChI is InChI=1S/C16H17FO2.C4H6O/c1-11-3-5-13(8-14(11)10-19-2)15-6-4-12(9-18)7-16(15)17;1-4(2)3-5/h3-8,18H,9-10H2,1-2H3;3H,1H2,2H3. The molecule has 128 valence electrons. The minimum Gasteiger partial charge on any atom is -0.392 e. The number of rotatable bonds is 5. The Labute approximate surface area is 142 Å². The molecule has 0 atom stereocenters. The van der Waals surface area contributed by atoms with Gasteiger partial charge in [-0.25, -0.2) is 4.39 Å². The van der Waals surface area contributed by atoms with Gasteiger partial charge in [0, 0.05) is 12.7 Å². The molecule has 0 amide bonds. The molecule has 1 N–H and O–H groups in total. The normalized spacial score (nSPS) is 9.88. The molecule has 0 saturated carbocycles. The van der Waals surface area contributed by atoms with Crippen LogP contribution in [0.2, 0.25) is 0 Å². The minimum atomic E-state index is -0.321. The van der Waals surface area contributed by atoms with Gasteiger partial charge in [-0.2, -0.15) is 0 Å². The highest BCUT2D eigenvalue weighted by Crippen LogP contribution is 2.26. The van der Waals surface area contributed by atoms with E-state index in [0.717, 1.165) is 23.0 Å². The number of carbonyl (C=O) groups excluding carboxylic acids is 1. The fourth-order valence-electron chi connectivity index (χ4n) is 2.04. The number of allylic oxidation sites excluding steroid dienone is 1. The van der Waals surface area contributed by atoms with Gasteiger partial charge in [-0.05, 0) is 53.8 Å². The molecule has 2 aromatic carbocycles. The molecule has 0 aliphatic heterocycles. The summed E-state index contributed by atoms with van der Waals surface area (Å²) in [6.07, 6.45) is 0.722. The first-order valence-electron chi connectivity index (χ1n) is 7.51. The summed E-state index contributed by atoms with van der Waals surface area (Å²) in [7, 11) is 1.64. The smallest absolute Gasteiger partial charge is 0.145 e. The number of halogens is 1. The summed E-state index contributed by atoms with van der Waals surface area (Å²) >= 11 is 0. The predicted molar refractivity (Wildman–Crippen MR) is 94.1 cm³/mol. The van der Waals surface area contributed by atoms with Crippen molar-refractivity contribution < 1.29 is 19.0 Å². The molecule has 3 nitrogen and oxygen atoms in total. The zero-order valence-electron chi connectivity index (χ0n) is 14.3. The zero-order valence-corrected chi connectivity index (χ0v) is 14.3. The van der Waals surface area contributed by atoms with Crippen molar-refractivity contribution in [1.82, 2.24) is 0 Å². The average Bonchev–Trinajstić information content (AvgIpc) is 2.57. The molecule has 0 aliphatic carbocycles. The molecule has 0 unspecified atom stereocenters. The van der Waals surface area contributed by atoms with Crippen molar-refractivity contribution in [3.8, 4) is 11.1 Å². The summed E-state index contributed by atoms with van der Waals surface area (Å²) < 4.78 is 19.1. The summed E-state index contributed by atoms with van der Waals surface area (Å²) in [5.41, 5.74) is 4.67. The Hall–Kier alpha value is -2.30. The van der Waals surface area contributed by atoms with Gasteiger partial charge in [-0.1, -0.05) is 30.8 Å². The summed E-state index contributed by atoms with van der Waals surface area (Å²) in [4.78, 5) is 9.41. The Kier molecular flexibility index (Phi) is 8.02. The molecule has 2 aromatic rings. The number of benzene rings is 2. The molecule has 0 saturated heterocycles. The summed E-state index contributed by atoms with van der Waals surface area (Å²) in [5.74, 6) is -0.321. The van der Waals surface area contributed by atoms with Crippen LogP contribution < -0.4 is 0 Å². The molecular weight excluding hydrogens is 307 g/mol. The van der Waals surface area contributed by atoms with Gasteiger partial charge in [0.15, 0.2) is 0 Å². The maximum Gasteiger partial charge on any atom is 0.145 e. The van der Waals surface area contributed by atoms with Crippen LogP contribution in [-0.2, 0) is 22.7 Å². The Morgan fingerprint density at radius 1 is 1.29 bits per heavy atom. The van der Waals surface area contributed by atoms with E-state index in [1.165, 1.54) is 6.07 Å². The minimum absolute atomic E-state index is 0.153. The van der Waals surface area contributed by atoms with Crippen LogP contribution in [0.3, 0.4) is 0 Å². The average molecular weight is 330 g/mol. The number of methoxy groups -OCH3 is 1. The molecule has 0 heterocycles. The largest absolute Gasteiger partial charge is 0.392 e. The van der Waals surface area contributed by atoms with Crippen LogP contribution in [-0.4, -0.2) is 18.5 Å². The van der Waals surface area contributed by atoms with Gasteiger partial charge in [-0.3, -0.25) is 4.79 Å². The summed E-state index contributed by atoms with van der Waals surface area (Å²) in [5, 5.41) is 8.99. The van der Waals surface area contributed by atoms with Crippen LogP contribution in [0, 0.1) is 12.7 Å². The van der Waals surface area contributed by atoms with Crippen molar-refractivity contribution in [3.63, 3.8) is 0 Å². The highest BCUT2D eigenvalue weighted by atomic mass is 19.1. The second-order valence-corrected chi connectivity index (χ2v) is 5.51. The van der Waals surface area contributed by atoms with Gasteiger partial charge in [0.25, 0.3) is 0 Å². The lowest BCUT2D eigenvalue weighted by molar-refractivity contribution is -0.104. The van der Waals surface area contributed by atoms with Crippen molar-refractivity contribution in [2.45, 2.75) is 27.1 Å². The molecule has 0 radical (unpaired) electrons. The highest BCUT2D eigenvalue weighted by Gasteiger charge is 2.08. The number of aldehydes is 1. The lowest BCUT2D eigenvalue weighted by Gasteiger charge is -2.10. The van der Waals surface area contributed by atoms with Gasteiger partial charge in [0.2, 0.25) is 0 Å². The molecular formula is C20H23FO3. The van der Waals surface area contributed by atoms with Gasteiger partial charge in [-0.15, -0.1) is 0 Å². The third-order valence-corrected chi connectivity index (χ3v) is 3.38. The van der Waals surface area contributed by atoms with Crippen LogP contribution in [0.5, 0.6) is 0 Å². The van der Waals surface area contributed by atoms with E-state index in [1.54, 1.807) is 26.2 Å². The SMILES string of the molecule is C=C(C)C=O.COCc1cc(-c2ccc(CO)cc2F)ccc1C. The van der Waals surface area contributed by atoms with Gasteiger partial charge in [0.1, 0.15) is 12.1 Å². The molecule has 0 fully saturated rings. The fourth-order valence-corrected chi connectivity index (χ4v) is 2.04. The maximum absolute atomic E-state index is 14.0. The monoisotopic (exact) mass is 330 g/mol. The van der Waals surface area contributed by atoms with E-state index in [2.05, 4.69) is 6.58 Å². The first-order valence-corrected chi connectivity index (χ1v) is 7.51. The molecule has 0 spiro atoms. The Bertz CT molecular complexity index is 708. The highest BCUT2D eigenvalue weighted by molar-refractivity contribution is 5.70. The molecule has 0 aliphatic rings. The first-order chi connectivity index (χ1) is 11.4. The van der Waals surface area contributed by atoms with E-state index in [9.17, 15) is 9.18 Å². The summed E-state index contributed by atoms with van der Waals surface area (Å²) in [6, 6.07) is 10.6. The topological polar surface area (TPSA) is 46.5 Å². The summed E-state index contributed by atoms with van der Waals surface area (Å²) in [6.45, 7) is 7.33. The van der Waals surface area contributed by atoms with Gasteiger partial charge >= 0.3 is 0 Å². The molecule has 4 heteroatoms. The maximum atomic E-state index is 14.0. The number of ether oxygens (including phenoxy) is 1. The Balaban J connectivity index is 0.000000505. The van der Waals surface area contributed by atoms with Crippen LogP contribution in [0.15, 0.2) is 48.6 Å². The third-order valence-electron chi connectivity index (χ3n) is 3.38. The Morgan fingerprint density at radius 2 is 1.96 bits per heavy atom. The zero-order chi connectivity index (χ0) is 18.1. The van der Waals surface area contributed by atoms with Crippen LogP contribution >= 0.6 is 0 Å². The van der Waals surface area contributed by atoms with Gasteiger partial charge < -0.3 is 9.84 Å². The van der Waals surface area contributed by atoms with E-state index in [4.69, 9.17) is 9.84 Å². The number of carbonyl (C=O) groups is 1. The lowest BCUT2D eigenvalue weighted by Crippen LogP contribution is -1.94. The van der Waals surface area contributed by atoms with E-state index in [0.29, 0.717) is 23.3 Å². The lowest BCUT2D eigenvalue weighted by atomic mass is 9.99. The second-order valence-electron chi connectivity index (χ2n) is 5.51. The third kappa shape index (κ3) is 5.72. The fraction of sp³-hybridized carbons (Fsp3) is 0.250. The predicted octanol–water partition coefficient (Wildman–Crippen LogP) is 4.20. The molecule has 0 bridgehead atoms. The van der Waals surface area contributed by atoms with Crippen molar-refractivity contribution in [1.29, 1.82) is 0 Å². The number of aliphatic hydroxyl groups excluding tert-OH is 1. The van der Waals surface area contributed by atoms with Crippen LogP contribution in [0.1, 0.15) is 23.6 Å². The van der Waals surface area contributed by atoms with Gasteiger partial charge in [0.05, 0.1) is 13.2 Å². The first kappa shape index (κ1) is 19.7. The number of hydrogen-bond acceptors (Lipinski definition) is 3. The van der Waals surface area contributed by atoms with Crippen LogP contribution in [0.25, 0.3) is 11.1 Å². The van der Waals surface area contributed by atoms with E-state index < -0.39 is 0 Å². The van der Waals surface area contributed by atoms with E-state index in [-0.39, 0.29) is 12.4 Å². The number of aryl methyl sites for hydroxylation is 1. The van der Waals surface area contributed by atoms with E-state index in [1.807, 2.05) is 25.1 Å². The van der Waals surface area contributed by atoms with Crippen molar-refractivity contribution in [3.05, 3.63) is 71.1 Å². The number of hydrogen-bond donors (Lipinski definition) is 1. The second kappa shape index (κ2) is 9.75. The molecule has 24 heavy (non-hydrogen) atoms. The van der Waals surface area contributed by atoms with Crippen molar-refractivity contribution >= 4 is 6.29 Å². The van der Waals surface area contributed by atoms with Crippen LogP contribution in [0.4, 0.5) is 4.39 Å². The number of aliphatic hydroxyl groups is 1. The van der Waals surface area contributed by atoms with Crippen molar-refractivity contribution in [2.24, 2.45) is 0 Å². The van der Waals surface area contributed by atoms with E-state index >= 15 is 0 Å². The molecule has 0 aromatic heterocycles. The Morgan fingerprint density at radius 3 is 2.46 bits per heavy atom. The molecule has 2 rings (SSSR count). The van der Waals surface area contributed by atoms with Crippen molar-refractivity contribution in [2.75, 3.05) is 7.11 Å².